The van der Waals surface area contributed by atoms with E-state index in [1.807, 2.05) is 42.5 Å². The van der Waals surface area contributed by atoms with Crippen molar-refractivity contribution in [2.24, 2.45) is 0 Å². The number of para-hydroxylation sites is 6. The summed E-state index contributed by atoms with van der Waals surface area (Å²) < 4.78 is 6.99. The summed E-state index contributed by atoms with van der Waals surface area (Å²) in [5, 5.41) is 27.7. The molecule has 0 radical (unpaired) electrons. The van der Waals surface area contributed by atoms with Gasteiger partial charge in [0.1, 0.15) is 0 Å². The minimum Gasteiger partial charge on any atom is -0.309 e. The molecule has 0 saturated carbocycles. The number of hydrogen-bond acceptors (Lipinski definition) is 2. The molecule has 8 aromatic carbocycles. The zero-order valence-corrected chi connectivity index (χ0v) is 29.5. The summed E-state index contributed by atoms with van der Waals surface area (Å²) in [4.78, 5) is 0. The zero-order chi connectivity index (χ0) is 36.6. The summed E-state index contributed by atoms with van der Waals surface area (Å²) in [6.07, 6.45) is 0. The molecule has 11 rings (SSSR count). The molecular weight excluding hydrogens is 671 g/mol. The summed E-state index contributed by atoms with van der Waals surface area (Å²) in [6, 6.07) is 65.9. The van der Waals surface area contributed by atoms with E-state index in [9.17, 15) is 10.5 Å². The van der Waals surface area contributed by atoms with Gasteiger partial charge in [-0.25, -0.2) is 0 Å². The van der Waals surface area contributed by atoms with Crippen molar-refractivity contribution in [3.63, 3.8) is 0 Å². The van der Waals surface area contributed by atoms with Gasteiger partial charge in [0.05, 0.1) is 73.4 Å². The van der Waals surface area contributed by atoms with Gasteiger partial charge < -0.3 is 13.7 Å². The molecule has 0 aliphatic rings. The van der Waals surface area contributed by atoms with Crippen LogP contribution >= 0.6 is 0 Å². The maximum Gasteiger partial charge on any atom is 0.0998 e. The van der Waals surface area contributed by atoms with Crippen LogP contribution in [0.2, 0.25) is 0 Å². The Morgan fingerprint density at radius 2 is 0.818 bits per heavy atom. The maximum absolute atomic E-state index is 10.9. The van der Waals surface area contributed by atoms with Crippen LogP contribution in [0.4, 0.5) is 0 Å². The van der Waals surface area contributed by atoms with Crippen molar-refractivity contribution < 1.29 is 0 Å². The van der Waals surface area contributed by atoms with Crippen molar-refractivity contribution >= 4 is 65.4 Å². The highest BCUT2D eigenvalue weighted by molar-refractivity contribution is 6.16. The van der Waals surface area contributed by atoms with Crippen LogP contribution in [0.3, 0.4) is 0 Å². The molecule has 3 heterocycles. The van der Waals surface area contributed by atoms with Crippen molar-refractivity contribution in [3.05, 3.63) is 187 Å². The van der Waals surface area contributed by atoms with E-state index < -0.39 is 0 Å². The normalized spacial score (nSPS) is 11.6. The molecule has 0 spiro atoms. The van der Waals surface area contributed by atoms with Gasteiger partial charge in [0.2, 0.25) is 0 Å². The largest absolute Gasteiger partial charge is 0.309 e. The lowest BCUT2D eigenvalue weighted by Gasteiger charge is -2.20. The predicted octanol–water partition coefficient (Wildman–Crippen LogP) is 12.4. The highest BCUT2D eigenvalue weighted by Crippen LogP contribution is 2.44. The Bertz CT molecular complexity index is 3420. The molecule has 0 amide bonds. The second kappa shape index (κ2) is 11.8. The number of benzene rings is 8. The Labute approximate surface area is 316 Å². The van der Waals surface area contributed by atoms with E-state index in [-0.39, 0.29) is 0 Å². The van der Waals surface area contributed by atoms with Crippen LogP contribution in [0.1, 0.15) is 11.1 Å². The van der Waals surface area contributed by atoms with Crippen molar-refractivity contribution in [1.29, 1.82) is 10.5 Å². The molecule has 0 saturated heterocycles. The highest BCUT2D eigenvalue weighted by Gasteiger charge is 2.24. The average molecular weight is 700 g/mol. The Balaban J connectivity index is 1.28. The van der Waals surface area contributed by atoms with Crippen molar-refractivity contribution in [3.8, 4) is 40.3 Å². The number of aromatic nitrogens is 3. The molecule has 0 aliphatic carbocycles. The van der Waals surface area contributed by atoms with E-state index in [2.05, 4.69) is 159 Å². The molecule has 0 aliphatic heterocycles. The molecule has 0 bridgehead atoms. The summed E-state index contributed by atoms with van der Waals surface area (Å²) in [6.45, 7) is 0. The predicted molar refractivity (Wildman–Crippen MR) is 224 cm³/mol. The van der Waals surface area contributed by atoms with Gasteiger partial charge in [-0.3, -0.25) is 0 Å². The molecule has 0 fully saturated rings. The van der Waals surface area contributed by atoms with Gasteiger partial charge in [0, 0.05) is 43.4 Å². The molecule has 0 unspecified atom stereocenters. The Hall–Kier alpha value is -7.86. The molecule has 55 heavy (non-hydrogen) atoms. The average Bonchev–Trinajstić information content (AvgIpc) is 3.89. The van der Waals surface area contributed by atoms with E-state index in [0.717, 1.165) is 82.8 Å². The van der Waals surface area contributed by atoms with E-state index in [0.29, 0.717) is 11.1 Å². The first-order chi connectivity index (χ1) is 27.2. The fourth-order valence-electron chi connectivity index (χ4n) is 8.90. The fourth-order valence-corrected chi connectivity index (χ4v) is 8.90. The number of rotatable bonds is 4. The molecular formula is C50H29N5. The fraction of sp³-hybridized carbons (Fsp3) is 0. The van der Waals surface area contributed by atoms with Gasteiger partial charge in [0.25, 0.3) is 0 Å². The van der Waals surface area contributed by atoms with E-state index in [4.69, 9.17) is 0 Å². The van der Waals surface area contributed by atoms with Crippen molar-refractivity contribution in [2.45, 2.75) is 0 Å². The van der Waals surface area contributed by atoms with Crippen LogP contribution in [0, 0.1) is 22.7 Å². The molecule has 0 atom stereocenters. The second-order valence-corrected chi connectivity index (χ2v) is 13.9. The lowest BCUT2D eigenvalue weighted by atomic mass is 9.96. The molecule has 254 valence electrons. The highest BCUT2D eigenvalue weighted by atomic mass is 15.1. The number of nitriles is 2. The van der Waals surface area contributed by atoms with Gasteiger partial charge in [-0.05, 0) is 60.7 Å². The van der Waals surface area contributed by atoms with Gasteiger partial charge in [-0.15, -0.1) is 0 Å². The summed E-state index contributed by atoms with van der Waals surface area (Å²) in [7, 11) is 0. The molecule has 3 aromatic heterocycles. The molecule has 5 nitrogen and oxygen atoms in total. The first-order valence-corrected chi connectivity index (χ1v) is 18.3. The monoisotopic (exact) mass is 699 g/mol. The molecule has 11 aromatic rings. The van der Waals surface area contributed by atoms with Gasteiger partial charge in [-0.1, -0.05) is 115 Å². The molecule has 5 heteroatoms. The quantitative estimate of drug-likeness (QED) is 0.184. The number of fused-ring (bicyclic) bond motifs is 9. The smallest absolute Gasteiger partial charge is 0.0998 e. The third-order valence-electron chi connectivity index (χ3n) is 11.1. The first kappa shape index (κ1) is 30.7. The second-order valence-electron chi connectivity index (χ2n) is 13.9. The SMILES string of the molecule is N#Cc1ccc2c3ccccc3n(-c3ccccc3-c3c(C#N)cccc3-n3c4ccccc4c4cccc(-n5c6ccccc6c6ccccc65)c43)c2c1. The topological polar surface area (TPSA) is 62.4 Å². The van der Waals surface area contributed by atoms with Gasteiger partial charge >= 0.3 is 0 Å². The minimum absolute atomic E-state index is 0.573. The van der Waals surface area contributed by atoms with Crippen LogP contribution in [0.25, 0.3) is 93.6 Å². The third-order valence-corrected chi connectivity index (χ3v) is 11.1. The lowest BCUT2D eigenvalue weighted by molar-refractivity contribution is 1.13. The van der Waals surface area contributed by atoms with Crippen LogP contribution in [0.5, 0.6) is 0 Å². The van der Waals surface area contributed by atoms with Crippen LogP contribution in [-0.2, 0) is 0 Å². The first-order valence-electron chi connectivity index (χ1n) is 18.3. The van der Waals surface area contributed by atoms with Crippen LogP contribution in [0.15, 0.2) is 176 Å². The lowest BCUT2D eigenvalue weighted by Crippen LogP contribution is -2.05. The Morgan fingerprint density at radius 1 is 0.345 bits per heavy atom. The van der Waals surface area contributed by atoms with Crippen LogP contribution in [-0.4, -0.2) is 13.7 Å². The van der Waals surface area contributed by atoms with Gasteiger partial charge in [-0.2, -0.15) is 10.5 Å². The van der Waals surface area contributed by atoms with Crippen molar-refractivity contribution in [2.75, 3.05) is 0 Å². The Kier molecular flexibility index (Phi) is 6.61. The number of hydrogen-bond donors (Lipinski definition) is 0. The van der Waals surface area contributed by atoms with E-state index in [1.165, 1.54) is 10.8 Å². The standard InChI is InChI=1S/C50H29N5/c51-30-32-27-28-38-36-16-3-8-22-43(36)54(48(38)29-32)45-24-10-5-18-40(45)49-33(31-52)13-11-25-46(49)55-44-23-9-4-17-37(44)39-19-12-26-47(50(39)55)53-41-20-6-1-14-34(41)35-15-2-7-21-42(35)53/h1-29H. The summed E-state index contributed by atoms with van der Waals surface area (Å²) in [5.74, 6) is 0. The maximum atomic E-state index is 10.9. The van der Waals surface area contributed by atoms with Gasteiger partial charge in [0.15, 0.2) is 0 Å². The summed E-state index contributed by atoms with van der Waals surface area (Å²) >= 11 is 0. The summed E-state index contributed by atoms with van der Waals surface area (Å²) in [5.41, 5.74) is 12.1. The van der Waals surface area contributed by atoms with Crippen LogP contribution < -0.4 is 0 Å². The zero-order valence-electron chi connectivity index (χ0n) is 29.5. The third kappa shape index (κ3) is 4.33. The number of nitrogens with zero attached hydrogens (tertiary/aromatic N) is 5. The minimum atomic E-state index is 0.573. The van der Waals surface area contributed by atoms with E-state index in [1.54, 1.807) is 0 Å². The molecule has 0 N–H and O–H groups in total. The van der Waals surface area contributed by atoms with E-state index >= 15 is 0 Å². The van der Waals surface area contributed by atoms with Crippen molar-refractivity contribution in [1.82, 2.24) is 13.7 Å². The Morgan fingerprint density at radius 3 is 1.45 bits per heavy atom.